The van der Waals surface area contributed by atoms with E-state index in [1.165, 1.54) is 36.4 Å². The molecule has 1 unspecified atom stereocenters. The molecule has 2 aromatic rings. The summed E-state index contributed by atoms with van der Waals surface area (Å²) in [6, 6.07) is 9.46. The van der Waals surface area contributed by atoms with Crippen LogP contribution in [0.2, 0.25) is 0 Å². The molecule has 29 heavy (non-hydrogen) atoms. The number of anilines is 1. The molecule has 1 aliphatic rings. The summed E-state index contributed by atoms with van der Waals surface area (Å²) < 4.78 is 88.7. The maximum Gasteiger partial charge on any atom is 0.440 e. The number of benzene rings is 2. The molecule has 0 amide bonds. The Morgan fingerprint density at radius 1 is 1.07 bits per heavy atom. The van der Waals surface area contributed by atoms with Gasteiger partial charge in [-0.05, 0) is 24.3 Å². The topological polar surface area (TPSA) is 70.0 Å². The third-order valence-corrected chi connectivity index (χ3v) is 5.50. The standard InChI is InChI=1S/C18H15F5N2O3S/c1-29(27,28)14-8-6-13(7-9-14)25-10-17(26,18(21,22)23)24-16(25)12-4-2-11(3-5-12)15(19)20/h2-9,15,26H,10H2,1H3. The molecule has 11 heteroatoms. The molecule has 1 N–H and O–H groups in total. The zero-order valence-electron chi connectivity index (χ0n) is 14.9. The third-order valence-electron chi connectivity index (χ3n) is 4.38. The highest BCUT2D eigenvalue weighted by molar-refractivity contribution is 7.90. The molecule has 0 bridgehead atoms. The van der Waals surface area contributed by atoms with Crippen LogP contribution in [0.5, 0.6) is 0 Å². The van der Waals surface area contributed by atoms with Gasteiger partial charge < -0.3 is 10.0 Å². The number of hydrogen-bond donors (Lipinski definition) is 1. The van der Waals surface area contributed by atoms with Gasteiger partial charge in [0.05, 0.1) is 11.4 Å². The maximum absolute atomic E-state index is 13.4. The van der Waals surface area contributed by atoms with Gasteiger partial charge in [0.15, 0.2) is 9.84 Å². The van der Waals surface area contributed by atoms with Crippen molar-refractivity contribution >= 4 is 21.4 Å². The van der Waals surface area contributed by atoms with Crippen molar-refractivity contribution in [3.05, 3.63) is 59.7 Å². The van der Waals surface area contributed by atoms with Crippen molar-refractivity contribution in [2.75, 3.05) is 17.7 Å². The summed E-state index contributed by atoms with van der Waals surface area (Å²) in [5, 5.41) is 10.0. The number of nitrogens with zero attached hydrogens (tertiary/aromatic N) is 2. The summed E-state index contributed by atoms with van der Waals surface area (Å²) in [6.07, 6.45) is -6.85. The van der Waals surface area contributed by atoms with Crippen LogP contribution in [0.4, 0.5) is 27.6 Å². The van der Waals surface area contributed by atoms with Gasteiger partial charge in [0.2, 0.25) is 0 Å². The quantitative estimate of drug-likeness (QED) is 0.748. The largest absolute Gasteiger partial charge is 0.440 e. The smallest absolute Gasteiger partial charge is 0.361 e. The van der Waals surface area contributed by atoms with Crippen LogP contribution in [0, 0.1) is 0 Å². The first kappa shape index (κ1) is 21.2. The highest BCUT2D eigenvalue weighted by Gasteiger charge is 2.58. The zero-order valence-corrected chi connectivity index (χ0v) is 15.7. The van der Waals surface area contributed by atoms with Gasteiger partial charge in [-0.15, -0.1) is 0 Å². The number of rotatable bonds is 4. The Balaban J connectivity index is 2.06. The lowest BCUT2D eigenvalue weighted by Gasteiger charge is -2.25. The molecule has 0 saturated carbocycles. The monoisotopic (exact) mass is 434 g/mol. The first-order chi connectivity index (χ1) is 13.3. The first-order valence-corrected chi connectivity index (χ1v) is 10.1. The normalized spacial score (nSPS) is 20.3. The number of halogens is 5. The minimum atomic E-state index is -5.08. The van der Waals surface area contributed by atoms with Crippen LogP contribution in [0.1, 0.15) is 17.6 Å². The van der Waals surface area contributed by atoms with Crippen molar-refractivity contribution in [3.63, 3.8) is 0 Å². The van der Waals surface area contributed by atoms with Gasteiger partial charge in [-0.2, -0.15) is 13.2 Å². The molecule has 1 aliphatic heterocycles. The zero-order chi connectivity index (χ0) is 21.6. The van der Waals surface area contributed by atoms with E-state index in [0.717, 1.165) is 23.3 Å². The van der Waals surface area contributed by atoms with Crippen molar-refractivity contribution in [1.82, 2.24) is 0 Å². The van der Waals surface area contributed by atoms with Crippen molar-refractivity contribution in [2.24, 2.45) is 4.99 Å². The lowest BCUT2D eigenvalue weighted by atomic mass is 10.1. The number of amidine groups is 1. The van der Waals surface area contributed by atoms with Gasteiger partial charge in [0, 0.05) is 23.1 Å². The summed E-state index contributed by atoms with van der Waals surface area (Å²) in [5.74, 6) is -0.280. The molecule has 2 aromatic carbocycles. The van der Waals surface area contributed by atoms with E-state index in [9.17, 15) is 35.5 Å². The van der Waals surface area contributed by atoms with Crippen molar-refractivity contribution < 1.29 is 35.5 Å². The average Bonchev–Trinajstić information content (AvgIpc) is 3.00. The Hall–Kier alpha value is -2.53. The molecule has 0 aromatic heterocycles. The van der Waals surface area contributed by atoms with Crippen LogP contribution in [-0.2, 0) is 9.84 Å². The maximum atomic E-state index is 13.4. The number of alkyl halides is 5. The molecule has 0 aliphatic carbocycles. The van der Waals surface area contributed by atoms with E-state index in [1.54, 1.807) is 0 Å². The van der Waals surface area contributed by atoms with Crippen LogP contribution in [0.25, 0.3) is 0 Å². The molecular weight excluding hydrogens is 419 g/mol. The molecule has 5 nitrogen and oxygen atoms in total. The second kappa shape index (κ2) is 7.06. The fourth-order valence-electron chi connectivity index (χ4n) is 2.80. The molecule has 1 atom stereocenters. The van der Waals surface area contributed by atoms with Gasteiger partial charge in [-0.1, -0.05) is 24.3 Å². The van der Waals surface area contributed by atoms with Crippen LogP contribution < -0.4 is 4.90 Å². The van der Waals surface area contributed by atoms with Crippen molar-refractivity contribution in [1.29, 1.82) is 0 Å². The SMILES string of the molecule is CS(=O)(=O)c1ccc(N2CC(O)(C(F)(F)F)N=C2c2ccc(C(F)F)cc2)cc1. The fraction of sp³-hybridized carbons (Fsp3) is 0.278. The molecule has 0 saturated heterocycles. The highest BCUT2D eigenvalue weighted by atomic mass is 32.2. The second-order valence-electron chi connectivity index (χ2n) is 6.52. The van der Waals surface area contributed by atoms with E-state index >= 15 is 0 Å². The van der Waals surface area contributed by atoms with E-state index in [2.05, 4.69) is 4.99 Å². The number of aliphatic imine (C=N–C) groups is 1. The molecular formula is C18H15F5N2O3S. The highest BCUT2D eigenvalue weighted by Crippen LogP contribution is 2.39. The van der Waals surface area contributed by atoms with Crippen LogP contribution in [0.15, 0.2) is 58.4 Å². The van der Waals surface area contributed by atoms with E-state index in [0.29, 0.717) is 0 Å². The molecule has 156 valence electrons. The second-order valence-corrected chi connectivity index (χ2v) is 8.54. The van der Waals surface area contributed by atoms with E-state index in [-0.39, 0.29) is 27.5 Å². The summed E-state index contributed by atoms with van der Waals surface area (Å²) in [6.45, 7) is -0.972. The van der Waals surface area contributed by atoms with Crippen molar-refractivity contribution in [3.8, 4) is 0 Å². The van der Waals surface area contributed by atoms with Crippen molar-refractivity contribution in [2.45, 2.75) is 23.2 Å². The first-order valence-electron chi connectivity index (χ1n) is 8.17. The number of β-amino-alcohol motifs (C(OH)–C–C–N with tert-alkyl or cyclic N) is 1. The number of hydrogen-bond acceptors (Lipinski definition) is 5. The van der Waals surface area contributed by atoms with E-state index in [4.69, 9.17) is 0 Å². The van der Waals surface area contributed by atoms with E-state index in [1.807, 2.05) is 0 Å². The lowest BCUT2D eigenvalue weighted by molar-refractivity contribution is -0.249. The number of aliphatic hydroxyl groups is 1. The third kappa shape index (κ3) is 4.10. The minimum Gasteiger partial charge on any atom is -0.361 e. The molecule has 0 spiro atoms. The predicted molar refractivity (Wildman–Crippen MR) is 95.8 cm³/mol. The Morgan fingerprint density at radius 3 is 2.07 bits per heavy atom. The van der Waals surface area contributed by atoms with Gasteiger partial charge in [-0.25, -0.2) is 22.2 Å². The summed E-state index contributed by atoms with van der Waals surface area (Å²) in [5.41, 5.74) is -3.49. The van der Waals surface area contributed by atoms with Gasteiger partial charge in [0.1, 0.15) is 5.84 Å². The Labute approximate surface area is 163 Å². The molecule has 0 radical (unpaired) electrons. The van der Waals surface area contributed by atoms with E-state index < -0.39 is 34.7 Å². The summed E-state index contributed by atoms with van der Waals surface area (Å²) in [4.78, 5) is 4.45. The molecule has 1 heterocycles. The van der Waals surface area contributed by atoms with Gasteiger partial charge in [0.25, 0.3) is 12.2 Å². The Kier molecular flexibility index (Phi) is 5.16. The molecule has 0 fully saturated rings. The Bertz CT molecular complexity index is 1030. The van der Waals surface area contributed by atoms with Crippen LogP contribution in [-0.4, -0.2) is 44.1 Å². The summed E-state index contributed by atoms with van der Waals surface area (Å²) in [7, 11) is -3.52. The average molecular weight is 434 g/mol. The summed E-state index contributed by atoms with van der Waals surface area (Å²) >= 11 is 0. The lowest BCUT2D eigenvalue weighted by Crippen LogP contribution is -2.47. The minimum absolute atomic E-state index is 0.0358. The van der Waals surface area contributed by atoms with Crippen LogP contribution in [0.3, 0.4) is 0 Å². The van der Waals surface area contributed by atoms with Gasteiger partial charge in [-0.3, -0.25) is 0 Å². The fourth-order valence-corrected chi connectivity index (χ4v) is 3.43. The predicted octanol–water partition coefficient (Wildman–Crippen LogP) is 3.55. The van der Waals surface area contributed by atoms with Gasteiger partial charge >= 0.3 is 6.18 Å². The van der Waals surface area contributed by atoms with Crippen LogP contribution >= 0.6 is 0 Å². The Morgan fingerprint density at radius 2 is 1.62 bits per heavy atom. The molecule has 3 rings (SSSR count). The number of sulfone groups is 1.